The van der Waals surface area contributed by atoms with E-state index in [9.17, 15) is 18.3 Å². The highest BCUT2D eigenvalue weighted by molar-refractivity contribution is 7.91. The van der Waals surface area contributed by atoms with Crippen LogP contribution in [0.2, 0.25) is 0 Å². The Hall–Kier alpha value is -1.18. The van der Waals surface area contributed by atoms with E-state index < -0.39 is 15.8 Å². The van der Waals surface area contributed by atoms with Crippen LogP contribution in [0.3, 0.4) is 0 Å². The van der Waals surface area contributed by atoms with Crippen molar-refractivity contribution in [3.8, 4) is 0 Å². The molecule has 1 aliphatic heterocycles. The highest BCUT2D eigenvalue weighted by atomic mass is 32.2. The molecule has 0 aromatic carbocycles. The first-order valence-corrected chi connectivity index (χ1v) is 21.1. The minimum Gasteiger partial charge on any atom is -0.481 e. The topological polar surface area (TPSA) is 86.7 Å². The standard InChI is InChI=1S/C39H62N2O4S/c1-26-30(27-7-9-28(10-8-27)36(42)43)13-19-37(2)32(26)14-20-38(3)33-15-21-39(18-5-6-34(39)31(33)11-12-35(37)38)40-22-25-41-23-16-29(17-24-41)46(4,44)45/h7,13,26,28-29,31-35,40H,5-6,8-12,14-25H2,1-4H3,(H,42,43)/t26?,28?,31?,32?,33?,34-,35?,37?,38?,39?/m1/s1. The molecule has 0 spiro atoms. The molecule has 10 atom stereocenters. The highest BCUT2D eigenvalue weighted by Gasteiger charge is 2.64. The van der Waals surface area contributed by atoms with Crippen molar-refractivity contribution in [2.45, 2.75) is 128 Å². The van der Waals surface area contributed by atoms with Crippen molar-refractivity contribution in [3.05, 3.63) is 23.3 Å². The van der Waals surface area contributed by atoms with E-state index in [0.717, 1.165) is 81.5 Å². The third-order valence-electron chi connectivity index (χ3n) is 15.9. The van der Waals surface area contributed by atoms with E-state index in [1.807, 2.05) is 0 Å². The SMILES string of the molecule is CC1C(C2=CCC(C(=O)O)CC2)=CCC2(C)C1CCC1(C)C3CCC4(NCCN5CCC(S(C)(=O)=O)CC5)CCC[C@@H]4C3CCC21. The van der Waals surface area contributed by atoms with Crippen molar-refractivity contribution >= 4 is 15.8 Å². The van der Waals surface area contributed by atoms with Crippen LogP contribution < -0.4 is 5.32 Å². The van der Waals surface area contributed by atoms with E-state index in [-0.39, 0.29) is 11.2 Å². The molecule has 7 rings (SSSR count). The van der Waals surface area contributed by atoms with Gasteiger partial charge in [-0.2, -0.15) is 0 Å². The zero-order chi connectivity index (χ0) is 32.5. The second-order valence-electron chi connectivity index (χ2n) is 17.7. The summed E-state index contributed by atoms with van der Waals surface area (Å²) in [6.45, 7) is 11.8. The number of carbonyl (C=O) groups is 1. The van der Waals surface area contributed by atoms with Crippen LogP contribution in [0.1, 0.15) is 117 Å². The molecule has 5 fully saturated rings. The highest BCUT2D eigenvalue weighted by Crippen LogP contribution is 2.70. The van der Waals surface area contributed by atoms with Gasteiger partial charge in [0.15, 0.2) is 0 Å². The molecule has 0 amide bonds. The predicted molar refractivity (Wildman–Crippen MR) is 185 cm³/mol. The number of nitrogens with zero attached hydrogens (tertiary/aromatic N) is 1. The predicted octanol–water partition coefficient (Wildman–Crippen LogP) is 7.26. The number of aliphatic carboxylic acids is 1. The fraction of sp³-hybridized carbons (Fsp3) is 0.872. The molecular formula is C39H62N2O4S. The van der Waals surface area contributed by atoms with E-state index in [4.69, 9.17) is 0 Å². The van der Waals surface area contributed by atoms with E-state index >= 15 is 0 Å². The summed E-state index contributed by atoms with van der Waals surface area (Å²) in [6.07, 6.45) is 23.8. The molecule has 0 bridgehead atoms. The van der Waals surface area contributed by atoms with Gasteiger partial charge in [0.1, 0.15) is 9.84 Å². The number of allylic oxidation sites excluding steroid dienone is 4. The van der Waals surface area contributed by atoms with Gasteiger partial charge in [0.05, 0.1) is 11.2 Å². The normalized spacial score (nSPS) is 45.1. The zero-order valence-corrected chi connectivity index (χ0v) is 30.1. The lowest BCUT2D eigenvalue weighted by Crippen LogP contribution is -2.63. The summed E-state index contributed by atoms with van der Waals surface area (Å²) in [5, 5.41) is 13.6. The maximum atomic E-state index is 12.0. The third kappa shape index (κ3) is 5.58. The van der Waals surface area contributed by atoms with Crippen LogP contribution in [0.15, 0.2) is 23.3 Å². The van der Waals surface area contributed by atoms with Crippen molar-refractivity contribution in [1.82, 2.24) is 10.2 Å². The maximum Gasteiger partial charge on any atom is 0.306 e. The molecule has 0 aromatic rings. The molecule has 46 heavy (non-hydrogen) atoms. The Kier molecular flexibility index (Phi) is 8.91. The summed E-state index contributed by atoms with van der Waals surface area (Å²) in [5.74, 6) is 3.80. The van der Waals surface area contributed by atoms with Gasteiger partial charge in [-0.3, -0.25) is 4.79 Å². The fourth-order valence-corrected chi connectivity index (χ4v) is 14.6. The molecule has 0 radical (unpaired) electrons. The van der Waals surface area contributed by atoms with Gasteiger partial charge < -0.3 is 15.3 Å². The van der Waals surface area contributed by atoms with Crippen molar-refractivity contribution in [3.63, 3.8) is 0 Å². The van der Waals surface area contributed by atoms with Crippen LogP contribution in [-0.4, -0.2) is 67.6 Å². The molecule has 4 saturated carbocycles. The van der Waals surface area contributed by atoms with Gasteiger partial charge in [0.2, 0.25) is 0 Å². The van der Waals surface area contributed by atoms with Crippen LogP contribution in [0, 0.1) is 52.3 Å². The average molecular weight is 655 g/mol. The maximum absolute atomic E-state index is 12.0. The van der Waals surface area contributed by atoms with Gasteiger partial charge in [-0.05, 0) is 160 Å². The Morgan fingerprint density at radius 3 is 2.39 bits per heavy atom. The molecule has 6 nitrogen and oxygen atoms in total. The minimum absolute atomic E-state index is 0.142. The lowest BCUT2D eigenvalue weighted by atomic mass is 9.38. The Bertz CT molecular complexity index is 1350. The van der Waals surface area contributed by atoms with Gasteiger partial charge in [0, 0.05) is 24.9 Å². The van der Waals surface area contributed by atoms with E-state index in [0.29, 0.717) is 28.7 Å². The average Bonchev–Trinajstić information content (AvgIpc) is 3.45. The monoisotopic (exact) mass is 654 g/mol. The number of likely N-dealkylation sites (tertiary alicyclic amines) is 1. The number of carboxylic acid groups (broad SMARTS) is 1. The van der Waals surface area contributed by atoms with E-state index in [1.54, 1.807) is 5.57 Å². The molecule has 258 valence electrons. The number of hydrogen-bond acceptors (Lipinski definition) is 5. The Morgan fingerprint density at radius 2 is 1.70 bits per heavy atom. The summed E-state index contributed by atoms with van der Waals surface area (Å²) in [4.78, 5) is 14.0. The number of carboxylic acids is 1. The molecule has 1 saturated heterocycles. The molecule has 1 heterocycles. The van der Waals surface area contributed by atoms with E-state index in [1.165, 1.54) is 76.0 Å². The second kappa shape index (κ2) is 12.3. The van der Waals surface area contributed by atoms with Gasteiger partial charge in [0.25, 0.3) is 0 Å². The summed E-state index contributed by atoms with van der Waals surface area (Å²) in [5.41, 5.74) is 4.15. The Balaban J connectivity index is 1.01. The van der Waals surface area contributed by atoms with Crippen molar-refractivity contribution in [1.29, 1.82) is 0 Å². The first-order valence-electron chi connectivity index (χ1n) is 19.1. The Morgan fingerprint density at radius 1 is 0.935 bits per heavy atom. The van der Waals surface area contributed by atoms with Gasteiger partial charge in [-0.25, -0.2) is 8.42 Å². The fourth-order valence-electron chi connectivity index (χ4n) is 13.5. The van der Waals surface area contributed by atoms with Crippen LogP contribution in [-0.2, 0) is 14.6 Å². The number of nitrogens with one attached hydrogen (secondary N) is 1. The van der Waals surface area contributed by atoms with Crippen LogP contribution in [0.5, 0.6) is 0 Å². The Labute approximate surface area is 279 Å². The van der Waals surface area contributed by atoms with E-state index in [2.05, 4.69) is 43.1 Å². The number of hydrogen-bond donors (Lipinski definition) is 2. The first-order chi connectivity index (χ1) is 21.9. The molecule has 0 aromatic heterocycles. The number of sulfone groups is 1. The second-order valence-corrected chi connectivity index (χ2v) is 20.1. The van der Waals surface area contributed by atoms with Crippen molar-refractivity contribution < 1.29 is 18.3 Å². The quantitative estimate of drug-likeness (QED) is 0.301. The van der Waals surface area contributed by atoms with Crippen molar-refractivity contribution in [2.75, 3.05) is 32.4 Å². The number of fused-ring (bicyclic) bond motifs is 7. The lowest BCUT2D eigenvalue weighted by Gasteiger charge is -2.67. The first kappa shape index (κ1) is 33.3. The number of piperidine rings is 1. The molecule has 7 aliphatic rings. The number of rotatable bonds is 7. The summed E-state index contributed by atoms with van der Waals surface area (Å²) >= 11 is 0. The molecular weight excluding hydrogens is 593 g/mol. The van der Waals surface area contributed by atoms with Crippen LogP contribution >= 0.6 is 0 Å². The third-order valence-corrected chi connectivity index (χ3v) is 17.6. The smallest absolute Gasteiger partial charge is 0.306 e. The summed E-state index contributed by atoms with van der Waals surface area (Å²) in [6, 6.07) is 0. The molecule has 6 aliphatic carbocycles. The largest absolute Gasteiger partial charge is 0.481 e. The van der Waals surface area contributed by atoms with Gasteiger partial charge in [-0.15, -0.1) is 0 Å². The van der Waals surface area contributed by atoms with Gasteiger partial charge >= 0.3 is 5.97 Å². The zero-order valence-electron chi connectivity index (χ0n) is 29.2. The van der Waals surface area contributed by atoms with Gasteiger partial charge in [-0.1, -0.05) is 39.3 Å². The van der Waals surface area contributed by atoms with Crippen LogP contribution in [0.25, 0.3) is 0 Å². The summed E-state index contributed by atoms with van der Waals surface area (Å²) in [7, 11) is -2.91. The van der Waals surface area contributed by atoms with Crippen molar-refractivity contribution in [2.24, 2.45) is 52.3 Å². The molecule has 2 N–H and O–H groups in total. The minimum atomic E-state index is -2.91. The van der Waals surface area contributed by atoms with Crippen LogP contribution in [0.4, 0.5) is 0 Å². The molecule has 7 heteroatoms. The molecule has 9 unspecified atom stereocenters. The lowest BCUT2D eigenvalue weighted by molar-refractivity contribution is -0.166. The summed E-state index contributed by atoms with van der Waals surface area (Å²) < 4.78 is 24.0.